The van der Waals surface area contributed by atoms with Gasteiger partial charge < -0.3 is 30.0 Å². The van der Waals surface area contributed by atoms with Gasteiger partial charge >= 0.3 is 11.9 Å². The second kappa shape index (κ2) is 15.8. The third-order valence-corrected chi connectivity index (χ3v) is 8.15. The molecule has 3 rings (SSSR count). The number of aliphatic carboxylic acids is 1. The molecule has 21 heteroatoms. The monoisotopic (exact) mass is 724 g/mol. The molecule has 0 aliphatic heterocycles. The maximum Gasteiger partial charge on any atom is 0.362 e. The second-order valence-electron chi connectivity index (χ2n) is 9.54. The number of pyridine rings is 1. The van der Waals surface area contributed by atoms with Gasteiger partial charge in [0.25, 0.3) is 10.1 Å². The molecule has 3 aromatic rings. The number of quaternary nitrogens is 1. The van der Waals surface area contributed by atoms with Crippen LogP contribution in [0.15, 0.2) is 58.3 Å². The Hall–Kier alpha value is -3.96. The highest BCUT2D eigenvalue weighted by Crippen LogP contribution is 2.33. The molecule has 2 aromatic carbocycles. The van der Waals surface area contributed by atoms with Crippen molar-refractivity contribution < 1.29 is 94.4 Å². The van der Waals surface area contributed by atoms with Gasteiger partial charge in [0.2, 0.25) is 11.4 Å². The molecule has 0 bridgehead atoms. The summed E-state index contributed by atoms with van der Waals surface area (Å²) in [5.41, 5.74) is 3.90. The zero-order valence-corrected chi connectivity index (χ0v) is 26.9. The van der Waals surface area contributed by atoms with Gasteiger partial charge in [-0.25, -0.2) is 36.6 Å². The van der Waals surface area contributed by atoms with Crippen LogP contribution < -0.4 is 38.4 Å². The van der Waals surface area contributed by atoms with Crippen molar-refractivity contribution in [2.24, 2.45) is 0 Å². The van der Waals surface area contributed by atoms with E-state index in [4.69, 9.17) is 33.2 Å². The number of benzene rings is 2. The van der Waals surface area contributed by atoms with Gasteiger partial charge in [-0.1, -0.05) is 0 Å². The minimum absolute atomic E-state index is 0.121. The summed E-state index contributed by atoms with van der Waals surface area (Å²) in [6, 6.07) is 9.14. The van der Waals surface area contributed by atoms with Crippen molar-refractivity contribution in [1.82, 2.24) is 0 Å². The van der Waals surface area contributed by atoms with Crippen LogP contribution in [0.3, 0.4) is 0 Å². The van der Waals surface area contributed by atoms with Gasteiger partial charge in [-0.2, -0.15) is 13.0 Å². The lowest BCUT2D eigenvalue weighted by Gasteiger charge is -2.17. The topological polar surface area (TPSA) is 328 Å². The number of rotatable bonds is 13. The molecule has 1 aromatic heterocycles. The first-order chi connectivity index (χ1) is 21.6. The summed E-state index contributed by atoms with van der Waals surface area (Å²) in [7, 11) is -12.4. The Kier molecular flexibility index (Phi) is 13.1. The molecule has 47 heavy (non-hydrogen) atoms. The second-order valence-corrected chi connectivity index (χ2v) is 13.0. The Balaban J connectivity index is 0.00000142. The number of aromatic carboxylic acids is 1. The smallest absolute Gasteiger partial charge is 0.362 e. The van der Waals surface area contributed by atoms with Crippen molar-refractivity contribution in [2.45, 2.75) is 41.6 Å². The van der Waals surface area contributed by atoms with E-state index in [1.807, 2.05) is 0 Å². The van der Waals surface area contributed by atoms with Crippen molar-refractivity contribution in [3.05, 3.63) is 54.1 Å². The molecule has 0 amide bonds. The SMILES string of the molecule is COc1ccc(-c2cc(C(=O)O)cc(-c3ccc(OC)c(S(=O)(=O)O)c3)[n+]2CCCCC([NH3+])C(=O)O)cc1S(=O)(=O)[O-].[O-][Cl+3]([O-])([O-])[O-]. The normalized spacial score (nSPS) is 12.4. The van der Waals surface area contributed by atoms with E-state index in [1.54, 1.807) is 4.57 Å². The zero-order valence-electron chi connectivity index (χ0n) is 24.5. The van der Waals surface area contributed by atoms with E-state index in [-0.39, 0.29) is 52.5 Å². The Morgan fingerprint density at radius 2 is 1.30 bits per heavy atom. The minimum atomic E-state index is -5.02. The van der Waals surface area contributed by atoms with Crippen molar-refractivity contribution in [1.29, 1.82) is 0 Å². The summed E-state index contributed by atoms with van der Waals surface area (Å²) in [6.45, 7) is 0.121. The van der Waals surface area contributed by atoms with Crippen LogP contribution in [0.4, 0.5) is 0 Å². The average molecular weight is 725 g/mol. The fourth-order valence-corrected chi connectivity index (χ4v) is 5.67. The van der Waals surface area contributed by atoms with Crippen LogP contribution in [-0.2, 0) is 31.6 Å². The molecule has 0 aliphatic rings. The molecule has 1 atom stereocenters. The molecule has 6 N–H and O–H groups in total. The number of ether oxygens (including phenoxy) is 2. The fourth-order valence-electron chi connectivity index (χ4n) is 4.32. The fraction of sp³-hybridized carbons (Fsp3) is 0.269. The maximum atomic E-state index is 12.1. The van der Waals surface area contributed by atoms with E-state index in [1.165, 1.54) is 50.6 Å². The van der Waals surface area contributed by atoms with Gasteiger partial charge in [0.1, 0.15) is 33.1 Å². The van der Waals surface area contributed by atoms with Gasteiger partial charge in [-0.15, -0.1) is 10.2 Å². The standard InChI is InChI=1S/C26H28N2O12S2.ClHO4/c1-39-21-8-6-15(13-23(21)41(33,34)35)19-11-17(25(29)30)12-20(28(19)10-4-3-5-18(27)26(31)32)16-7-9-22(40-2)24(14-16)42(36,37)38;2-1(3,4)5/h6-9,11-14,18H,3-5,10,27H2,1-2H3,(H3-,29,30,31,32,33,34,35,36,37,38);(H,2,3,4,5). The molecule has 1 unspecified atom stereocenters. The van der Waals surface area contributed by atoms with Gasteiger partial charge in [-0.3, -0.25) is 4.55 Å². The van der Waals surface area contributed by atoms with E-state index in [2.05, 4.69) is 5.73 Å². The van der Waals surface area contributed by atoms with E-state index >= 15 is 0 Å². The minimum Gasteiger partial charge on any atom is -0.744 e. The summed E-state index contributed by atoms with van der Waals surface area (Å²) >= 11 is 0. The van der Waals surface area contributed by atoms with Crippen LogP contribution in [0.5, 0.6) is 11.5 Å². The molecule has 0 radical (unpaired) electrons. The van der Waals surface area contributed by atoms with E-state index in [0.717, 1.165) is 12.1 Å². The number of methoxy groups -OCH3 is 2. The molecule has 258 valence electrons. The van der Waals surface area contributed by atoms with Crippen LogP contribution in [0.25, 0.3) is 22.5 Å². The number of hydrogen-bond acceptors (Lipinski definition) is 13. The lowest BCUT2D eigenvalue weighted by atomic mass is 10.0. The Morgan fingerprint density at radius 3 is 1.68 bits per heavy atom. The number of carbonyl (C=O) groups is 2. The molecular formula is C26H29ClN2O16S2. The lowest BCUT2D eigenvalue weighted by Crippen LogP contribution is -2.68. The van der Waals surface area contributed by atoms with Gasteiger partial charge in [0.05, 0.1) is 24.7 Å². The number of halogens is 1. The summed E-state index contributed by atoms with van der Waals surface area (Å²) in [5, 5.41) is 19.0. The molecule has 0 spiro atoms. The Labute approximate surface area is 270 Å². The number of hydrogen-bond donors (Lipinski definition) is 4. The maximum absolute atomic E-state index is 12.1. The molecule has 18 nitrogen and oxygen atoms in total. The van der Waals surface area contributed by atoms with Crippen LogP contribution in [0.2, 0.25) is 0 Å². The molecule has 0 saturated heterocycles. The molecule has 0 aliphatic carbocycles. The Morgan fingerprint density at radius 1 is 0.851 bits per heavy atom. The van der Waals surface area contributed by atoms with Crippen LogP contribution in [-0.4, -0.2) is 68.4 Å². The van der Waals surface area contributed by atoms with Crippen LogP contribution in [0, 0.1) is 10.2 Å². The zero-order chi connectivity index (χ0) is 35.9. The highest BCUT2D eigenvalue weighted by molar-refractivity contribution is 7.86. The van der Waals surface area contributed by atoms with E-state index < -0.39 is 58.3 Å². The number of nitrogens with zero attached hydrogens (tertiary/aromatic N) is 1. The first-order valence-electron chi connectivity index (χ1n) is 12.9. The third-order valence-electron chi connectivity index (χ3n) is 6.41. The predicted molar refractivity (Wildman–Crippen MR) is 144 cm³/mol. The van der Waals surface area contributed by atoms with E-state index in [0.29, 0.717) is 12.8 Å². The van der Waals surface area contributed by atoms with Crippen molar-refractivity contribution >= 4 is 32.2 Å². The van der Waals surface area contributed by atoms with Crippen molar-refractivity contribution in [2.75, 3.05) is 14.2 Å². The molecule has 0 saturated carbocycles. The van der Waals surface area contributed by atoms with Gasteiger partial charge in [0, 0.05) is 36.1 Å². The predicted octanol–water partition coefficient (Wildman–Crippen LogP) is -3.72. The number of aromatic nitrogens is 1. The summed E-state index contributed by atoms with van der Waals surface area (Å²) in [6.07, 6.45) is 0.958. The summed E-state index contributed by atoms with van der Waals surface area (Å²) < 4.78 is 116. The first kappa shape index (κ1) is 39.2. The molecular weight excluding hydrogens is 696 g/mol. The third kappa shape index (κ3) is 11.4. The lowest BCUT2D eigenvalue weighted by molar-refractivity contribution is -2.00. The first-order valence-corrected chi connectivity index (χ1v) is 17.0. The number of carboxylic acids is 2. The van der Waals surface area contributed by atoms with Gasteiger partial charge in [-0.05, 0) is 42.8 Å². The van der Waals surface area contributed by atoms with Gasteiger partial charge in [0.15, 0.2) is 6.04 Å². The summed E-state index contributed by atoms with van der Waals surface area (Å²) in [4.78, 5) is 22.1. The summed E-state index contributed by atoms with van der Waals surface area (Å²) in [5.74, 6) is -2.83. The van der Waals surface area contributed by atoms with E-state index in [9.17, 15) is 40.6 Å². The quantitative estimate of drug-likeness (QED) is 0.0748. The number of unbranched alkanes of at least 4 members (excludes halogenated alkanes) is 1. The average Bonchev–Trinajstić information content (AvgIpc) is 2.96. The van der Waals surface area contributed by atoms with Crippen molar-refractivity contribution in [3.8, 4) is 34.0 Å². The van der Waals surface area contributed by atoms with Crippen LogP contribution in [0.1, 0.15) is 29.6 Å². The van der Waals surface area contributed by atoms with Crippen LogP contribution >= 0.6 is 0 Å². The number of carboxylic acid groups (broad SMARTS) is 2. The highest BCUT2D eigenvalue weighted by atomic mass is 35.7. The molecule has 0 fully saturated rings. The largest absolute Gasteiger partial charge is 0.744 e. The highest BCUT2D eigenvalue weighted by Gasteiger charge is 2.28. The van der Waals surface area contributed by atoms with Crippen molar-refractivity contribution in [3.63, 3.8) is 0 Å². The Bertz CT molecular complexity index is 1730. The molecule has 1 heterocycles.